The van der Waals surface area contributed by atoms with E-state index >= 15 is 0 Å². The van der Waals surface area contributed by atoms with E-state index in [-0.39, 0.29) is 0 Å². The first-order valence-electron chi connectivity index (χ1n) is 7.13. The molecule has 1 fully saturated rings. The summed E-state index contributed by atoms with van der Waals surface area (Å²) < 4.78 is 5.48. The molecule has 5 nitrogen and oxygen atoms in total. The minimum atomic E-state index is 0.326. The van der Waals surface area contributed by atoms with Gasteiger partial charge in [0.15, 0.2) is 0 Å². The Morgan fingerprint density at radius 1 is 1.30 bits per heavy atom. The molecular formula is C15H20N4O. The lowest BCUT2D eigenvalue weighted by Gasteiger charge is -2.14. The third-order valence-corrected chi connectivity index (χ3v) is 4.07. The summed E-state index contributed by atoms with van der Waals surface area (Å²) >= 11 is 0. The first-order valence-corrected chi connectivity index (χ1v) is 7.13. The summed E-state index contributed by atoms with van der Waals surface area (Å²) in [6, 6.07) is 2.53. The zero-order chi connectivity index (χ0) is 14.1. The molecule has 1 aliphatic rings. The van der Waals surface area contributed by atoms with Crippen LogP contribution in [0.25, 0.3) is 11.5 Å². The molecule has 0 aliphatic heterocycles. The molecule has 0 bridgehead atoms. The van der Waals surface area contributed by atoms with Crippen LogP contribution in [0.1, 0.15) is 42.2 Å². The Kier molecular flexibility index (Phi) is 3.53. The molecule has 106 valence electrons. The van der Waals surface area contributed by atoms with Gasteiger partial charge < -0.3 is 9.84 Å². The second-order valence-electron chi connectivity index (χ2n) is 5.57. The van der Waals surface area contributed by atoms with Crippen molar-refractivity contribution in [2.75, 3.05) is 7.05 Å². The summed E-state index contributed by atoms with van der Waals surface area (Å²) in [7, 11) is 1.99. The Hall–Kier alpha value is -1.75. The van der Waals surface area contributed by atoms with Gasteiger partial charge in [0.25, 0.3) is 0 Å². The van der Waals surface area contributed by atoms with Gasteiger partial charge in [0.1, 0.15) is 5.69 Å². The van der Waals surface area contributed by atoms with Crippen LogP contribution in [0.2, 0.25) is 0 Å². The van der Waals surface area contributed by atoms with Crippen LogP contribution in [0.15, 0.2) is 16.8 Å². The van der Waals surface area contributed by atoms with Crippen LogP contribution in [0.5, 0.6) is 0 Å². The van der Waals surface area contributed by atoms with Crippen molar-refractivity contribution in [3.63, 3.8) is 0 Å². The van der Waals surface area contributed by atoms with E-state index in [2.05, 4.69) is 26.5 Å². The molecule has 0 amide bonds. The molecule has 0 saturated heterocycles. The summed E-state index contributed by atoms with van der Waals surface area (Å²) in [5.41, 5.74) is 3.03. The molecule has 2 aromatic rings. The van der Waals surface area contributed by atoms with Crippen molar-refractivity contribution >= 4 is 0 Å². The van der Waals surface area contributed by atoms with Gasteiger partial charge in [-0.1, -0.05) is 17.6 Å². The van der Waals surface area contributed by atoms with Gasteiger partial charge in [0, 0.05) is 12.2 Å². The number of hydrogen-bond acceptors (Lipinski definition) is 5. The number of rotatable bonds is 3. The van der Waals surface area contributed by atoms with Gasteiger partial charge >= 0.3 is 0 Å². The van der Waals surface area contributed by atoms with Crippen LogP contribution in [0.3, 0.4) is 0 Å². The predicted molar refractivity (Wildman–Crippen MR) is 76.4 cm³/mol. The Morgan fingerprint density at radius 3 is 2.90 bits per heavy atom. The van der Waals surface area contributed by atoms with E-state index in [1.807, 2.05) is 27.1 Å². The molecule has 3 rings (SSSR count). The van der Waals surface area contributed by atoms with E-state index in [0.717, 1.165) is 29.1 Å². The maximum Gasteiger partial charge on any atom is 0.231 e. The Labute approximate surface area is 118 Å². The van der Waals surface area contributed by atoms with Gasteiger partial charge in [0.2, 0.25) is 11.7 Å². The molecule has 2 heterocycles. The molecule has 0 aromatic carbocycles. The number of aryl methyl sites for hydroxylation is 2. The predicted octanol–water partition coefficient (Wildman–Crippen LogP) is 2.60. The molecule has 2 unspecified atom stereocenters. The first-order chi connectivity index (χ1) is 9.69. The lowest BCUT2D eigenvalue weighted by Crippen LogP contribution is -2.27. The van der Waals surface area contributed by atoms with Gasteiger partial charge in [-0.3, -0.25) is 4.98 Å². The van der Waals surface area contributed by atoms with Crippen molar-refractivity contribution in [1.82, 2.24) is 20.4 Å². The van der Waals surface area contributed by atoms with E-state index in [1.165, 1.54) is 12.8 Å². The molecule has 20 heavy (non-hydrogen) atoms. The normalized spacial score (nSPS) is 22.4. The molecule has 0 radical (unpaired) electrons. The van der Waals surface area contributed by atoms with Crippen molar-refractivity contribution in [3.8, 4) is 11.5 Å². The number of nitrogens with zero attached hydrogens (tertiary/aromatic N) is 3. The highest BCUT2D eigenvalue weighted by Crippen LogP contribution is 2.34. The molecule has 1 N–H and O–H groups in total. The fourth-order valence-corrected chi connectivity index (χ4v) is 3.03. The van der Waals surface area contributed by atoms with Crippen LogP contribution in [-0.2, 0) is 0 Å². The highest BCUT2D eigenvalue weighted by Gasteiger charge is 2.32. The van der Waals surface area contributed by atoms with E-state index in [1.54, 1.807) is 0 Å². The smallest absolute Gasteiger partial charge is 0.231 e. The number of hydrogen-bond donors (Lipinski definition) is 1. The summed E-state index contributed by atoms with van der Waals surface area (Å²) in [5, 5.41) is 7.45. The fourth-order valence-electron chi connectivity index (χ4n) is 3.03. The second-order valence-corrected chi connectivity index (χ2v) is 5.57. The molecule has 2 atom stereocenters. The first kappa shape index (κ1) is 13.2. The Balaban J connectivity index is 1.90. The number of aromatic nitrogens is 3. The quantitative estimate of drug-likeness (QED) is 0.930. The topological polar surface area (TPSA) is 63.8 Å². The number of likely N-dealkylation sites (N-methyl/N-ethyl adjacent to an activating group) is 1. The Bertz CT molecular complexity index is 608. The largest absolute Gasteiger partial charge is 0.339 e. The van der Waals surface area contributed by atoms with Crippen molar-refractivity contribution < 1.29 is 4.52 Å². The average molecular weight is 272 g/mol. The second kappa shape index (κ2) is 5.32. The van der Waals surface area contributed by atoms with E-state index in [9.17, 15) is 0 Å². The van der Waals surface area contributed by atoms with Crippen molar-refractivity contribution in [1.29, 1.82) is 0 Å². The van der Waals surface area contributed by atoms with Crippen molar-refractivity contribution in [3.05, 3.63) is 29.3 Å². The Morgan fingerprint density at radius 2 is 2.15 bits per heavy atom. The van der Waals surface area contributed by atoms with Crippen molar-refractivity contribution in [2.24, 2.45) is 0 Å². The summed E-state index contributed by atoms with van der Waals surface area (Å²) in [5.74, 6) is 1.66. The van der Waals surface area contributed by atoms with E-state index in [0.29, 0.717) is 17.8 Å². The van der Waals surface area contributed by atoms with Gasteiger partial charge in [-0.2, -0.15) is 4.98 Å². The highest BCUT2D eigenvalue weighted by atomic mass is 16.5. The third-order valence-electron chi connectivity index (χ3n) is 4.07. The SMILES string of the molecule is CNC1CCCC1c1nc(-c2ncc(C)cc2C)no1. The van der Waals surface area contributed by atoms with Gasteiger partial charge in [-0.25, -0.2) is 0 Å². The standard InChI is InChI=1S/C15H20N4O/c1-9-7-10(2)13(17-8-9)14-18-15(20-19-14)11-5-4-6-12(11)16-3/h7-8,11-12,16H,4-6H2,1-3H3. The fraction of sp³-hybridized carbons (Fsp3) is 0.533. The maximum atomic E-state index is 5.48. The van der Waals surface area contributed by atoms with E-state index in [4.69, 9.17) is 4.52 Å². The lowest BCUT2D eigenvalue weighted by atomic mass is 10.0. The lowest BCUT2D eigenvalue weighted by molar-refractivity contribution is 0.335. The molecule has 0 spiro atoms. The van der Waals surface area contributed by atoms with Gasteiger partial charge in [-0.15, -0.1) is 0 Å². The summed E-state index contributed by atoms with van der Waals surface area (Å²) in [6.07, 6.45) is 5.31. The van der Waals surface area contributed by atoms with Crippen LogP contribution >= 0.6 is 0 Å². The van der Waals surface area contributed by atoms with Crippen LogP contribution in [-0.4, -0.2) is 28.2 Å². The zero-order valence-corrected chi connectivity index (χ0v) is 12.2. The summed E-state index contributed by atoms with van der Waals surface area (Å²) in [6.45, 7) is 4.05. The third kappa shape index (κ3) is 2.33. The van der Waals surface area contributed by atoms with Crippen LogP contribution < -0.4 is 5.32 Å². The molecule has 5 heteroatoms. The van der Waals surface area contributed by atoms with Crippen LogP contribution in [0.4, 0.5) is 0 Å². The minimum absolute atomic E-state index is 0.326. The molecule has 1 saturated carbocycles. The van der Waals surface area contributed by atoms with Gasteiger partial charge in [-0.05, 0) is 44.9 Å². The van der Waals surface area contributed by atoms with Crippen molar-refractivity contribution in [2.45, 2.75) is 45.1 Å². The van der Waals surface area contributed by atoms with Gasteiger partial charge in [0.05, 0.1) is 5.92 Å². The highest BCUT2D eigenvalue weighted by molar-refractivity contribution is 5.54. The minimum Gasteiger partial charge on any atom is -0.339 e. The zero-order valence-electron chi connectivity index (χ0n) is 12.2. The maximum absolute atomic E-state index is 5.48. The average Bonchev–Trinajstić information content (AvgIpc) is 3.06. The number of pyridine rings is 1. The molecular weight excluding hydrogens is 252 g/mol. The monoisotopic (exact) mass is 272 g/mol. The number of nitrogens with one attached hydrogen (secondary N) is 1. The molecule has 2 aromatic heterocycles. The van der Waals surface area contributed by atoms with E-state index < -0.39 is 0 Å². The van der Waals surface area contributed by atoms with Crippen LogP contribution in [0, 0.1) is 13.8 Å². The summed E-state index contributed by atoms with van der Waals surface area (Å²) in [4.78, 5) is 9.00. The molecule has 1 aliphatic carbocycles.